The molecule has 0 N–H and O–H groups in total. The molecule has 11 aromatic rings. The number of hydrogen-bond acceptors (Lipinski definition) is 2. The zero-order valence-electron chi connectivity index (χ0n) is 27.6. The fraction of sp³-hybridized carbons (Fsp3) is 0. The van der Waals surface area contributed by atoms with Crippen LogP contribution in [0.3, 0.4) is 0 Å². The first-order chi connectivity index (χ1) is 25.3. The molecule has 0 radical (unpaired) electrons. The highest BCUT2D eigenvalue weighted by Gasteiger charge is 2.24. The zero-order valence-corrected chi connectivity index (χ0v) is 27.6. The van der Waals surface area contributed by atoms with Crippen LogP contribution in [0.5, 0.6) is 0 Å². The summed E-state index contributed by atoms with van der Waals surface area (Å²) in [7, 11) is 0. The first kappa shape index (κ1) is 28.0. The van der Waals surface area contributed by atoms with E-state index >= 15 is 0 Å². The molecule has 11 rings (SSSR count). The van der Waals surface area contributed by atoms with Gasteiger partial charge in [-0.1, -0.05) is 121 Å². The van der Waals surface area contributed by atoms with Gasteiger partial charge in [0.25, 0.3) is 0 Å². The van der Waals surface area contributed by atoms with Crippen LogP contribution in [-0.4, -0.2) is 4.57 Å². The fourth-order valence-electron chi connectivity index (χ4n) is 8.35. The normalized spacial score (nSPS) is 11.9. The van der Waals surface area contributed by atoms with Crippen molar-refractivity contribution in [3.63, 3.8) is 0 Å². The summed E-state index contributed by atoms with van der Waals surface area (Å²) in [5.41, 5.74) is 8.51. The van der Waals surface area contributed by atoms with Gasteiger partial charge in [-0.2, -0.15) is 0 Å². The van der Waals surface area contributed by atoms with E-state index in [1.54, 1.807) is 0 Å². The lowest BCUT2D eigenvalue weighted by molar-refractivity contribution is 0.669. The Labute approximate surface area is 293 Å². The zero-order chi connectivity index (χ0) is 33.5. The molecular weight excluding hydrogens is 621 g/mol. The molecule has 0 aliphatic heterocycles. The maximum atomic E-state index is 6.46. The number of anilines is 3. The Morgan fingerprint density at radius 1 is 0.373 bits per heavy atom. The van der Waals surface area contributed by atoms with E-state index in [1.807, 2.05) is 6.07 Å². The third-order valence-corrected chi connectivity index (χ3v) is 10.5. The lowest BCUT2D eigenvalue weighted by Crippen LogP contribution is -2.11. The van der Waals surface area contributed by atoms with Crippen molar-refractivity contribution in [3.05, 3.63) is 182 Å². The molecule has 0 saturated heterocycles. The van der Waals surface area contributed by atoms with Crippen molar-refractivity contribution in [1.82, 2.24) is 4.57 Å². The molecule has 2 heterocycles. The van der Waals surface area contributed by atoms with E-state index in [2.05, 4.69) is 185 Å². The molecule has 9 aromatic carbocycles. The molecule has 0 atom stereocenters. The van der Waals surface area contributed by atoms with Gasteiger partial charge in [-0.25, -0.2) is 0 Å². The Morgan fingerprint density at radius 2 is 1.00 bits per heavy atom. The summed E-state index contributed by atoms with van der Waals surface area (Å²) >= 11 is 0. The van der Waals surface area contributed by atoms with Crippen LogP contribution in [0.25, 0.3) is 81.7 Å². The Hall–Kier alpha value is -6.84. The largest absolute Gasteiger partial charge is 0.456 e. The maximum absolute atomic E-state index is 6.46. The molecule has 238 valence electrons. The van der Waals surface area contributed by atoms with Gasteiger partial charge < -0.3 is 13.9 Å². The van der Waals surface area contributed by atoms with Crippen molar-refractivity contribution in [2.45, 2.75) is 0 Å². The van der Waals surface area contributed by atoms with Crippen LogP contribution < -0.4 is 4.90 Å². The van der Waals surface area contributed by atoms with Crippen LogP contribution in [0.1, 0.15) is 0 Å². The quantitative estimate of drug-likeness (QED) is 0.177. The number of nitrogens with zero attached hydrogens (tertiary/aromatic N) is 2. The average molecular weight is 651 g/mol. The number of para-hydroxylation sites is 3. The minimum Gasteiger partial charge on any atom is -0.456 e. The van der Waals surface area contributed by atoms with Crippen LogP contribution in [0.2, 0.25) is 0 Å². The van der Waals surface area contributed by atoms with E-state index in [0.717, 1.165) is 50.2 Å². The van der Waals surface area contributed by atoms with Crippen LogP contribution >= 0.6 is 0 Å². The van der Waals surface area contributed by atoms with E-state index in [-0.39, 0.29) is 0 Å². The summed E-state index contributed by atoms with van der Waals surface area (Å²) in [4.78, 5) is 2.45. The van der Waals surface area contributed by atoms with Gasteiger partial charge in [0.15, 0.2) is 0 Å². The molecule has 51 heavy (non-hydrogen) atoms. The van der Waals surface area contributed by atoms with Crippen molar-refractivity contribution in [2.75, 3.05) is 4.90 Å². The maximum Gasteiger partial charge on any atom is 0.137 e. The highest BCUT2D eigenvalue weighted by Crippen LogP contribution is 2.48. The van der Waals surface area contributed by atoms with Crippen molar-refractivity contribution in [3.8, 4) is 5.69 Å². The Bertz CT molecular complexity index is 3150. The standard InChI is InChI=1S/C48H30N2O/c1-2-13-34(14-3-1)49-40-18-8-6-16-38(40)47-41(49)19-10-20-42(47)50(43-21-11-23-45-48(43)39-17-7-9-22-44(39)51-45)35-28-29-37-33(30-35)27-26-32-25-24-31-12-4-5-15-36(31)46(32)37/h1-30H. The van der Waals surface area contributed by atoms with Gasteiger partial charge in [0.2, 0.25) is 0 Å². The molecule has 0 fully saturated rings. The predicted molar refractivity (Wildman–Crippen MR) is 215 cm³/mol. The van der Waals surface area contributed by atoms with E-state index in [0.29, 0.717) is 0 Å². The first-order valence-electron chi connectivity index (χ1n) is 17.4. The molecule has 3 heteroatoms. The molecule has 0 aliphatic carbocycles. The second kappa shape index (κ2) is 10.8. The van der Waals surface area contributed by atoms with E-state index in [9.17, 15) is 0 Å². The summed E-state index contributed by atoms with van der Waals surface area (Å²) < 4.78 is 8.85. The lowest BCUT2D eigenvalue weighted by atomic mass is 9.96. The molecular formula is C48H30N2O. The minimum atomic E-state index is 0.871. The SMILES string of the molecule is c1ccc(-n2c3ccccc3c3c(N(c4ccc5c(ccc6ccc7ccccc7c65)c4)c4cccc5oc6ccccc6c45)cccc32)cc1. The molecule has 0 spiro atoms. The molecule has 2 aromatic heterocycles. The number of furan rings is 1. The minimum absolute atomic E-state index is 0.871. The Morgan fingerprint density at radius 3 is 1.88 bits per heavy atom. The molecule has 0 amide bonds. The summed E-state index contributed by atoms with van der Waals surface area (Å²) in [6.45, 7) is 0. The number of hydrogen-bond donors (Lipinski definition) is 0. The lowest BCUT2D eigenvalue weighted by Gasteiger charge is -2.27. The van der Waals surface area contributed by atoms with Crippen molar-refractivity contribution >= 4 is 93.1 Å². The number of aromatic nitrogens is 1. The van der Waals surface area contributed by atoms with Gasteiger partial charge in [0.05, 0.1) is 27.8 Å². The summed E-state index contributed by atoms with van der Waals surface area (Å²) in [6, 6.07) is 65.6. The highest BCUT2D eigenvalue weighted by atomic mass is 16.3. The van der Waals surface area contributed by atoms with Crippen LogP contribution in [0.4, 0.5) is 17.1 Å². The van der Waals surface area contributed by atoms with Gasteiger partial charge in [-0.05, 0) is 93.0 Å². The van der Waals surface area contributed by atoms with Gasteiger partial charge in [0, 0.05) is 27.5 Å². The molecule has 0 unspecified atom stereocenters. The Balaban J connectivity index is 1.26. The summed E-state index contributed by atoms with van der Waals surface area (Å²) in [5.74, 6) is 0. The summed E-state index contributed by atoms with van der Waals surface area (Å²) in [5, 5.41) is 12.1. The van der Waals surface area contributed by atoms with Crippen LogP contribution in [-0.2, 0) is 0 Å². The van der Waals surface area contributed by atoms with Crippen LogP contribution in [0.15, 0.2) is 186 Å². The van der Waals surface area contributed by atoms with Crippen molar-refractivity contribution in [2.24, 2.45) is 0 Å². The molecule has 3 nitrogen and oxygen atoms in total. The number of rotatable bonds is 4. The van der Waals surface area contributed by atoms with Crippen molar-refractivity contribution in [1.29, 1.82) is 0 Å². The molecule has 0 aliphatic rings. The van der Waals surface area contributed by atoms with Gasteiger partial charge in [0.1, 0.15) is 11.2 Å². The van der Waals surface area contributed by atoms with E-state index in [4.69, 9.17) is 4.42 Å². The first-order valence-corrected chi connectivity index (χ1v) is 17.4. The molecule has 0 saturated carbocycles. The molecule has 0 bridgehead atoms. The average Bonchev–Trinajstić information content (AvgIpc) is 3.75. The fourth-order valence-corrected chi connectivity index (χ4v) is 8.35. The van der Waals surface area contributed by atoms with Gasteiger partial charge in [-0.15, -0.1) is 0 Å². The highest BCUT2D eigenvalue weighted by molar-refractivity contribution is 6.22. The third kappa shape index (κ3) is 4.12. The second-order valence-corrected chi connectivity index (χ2v) is 13.3. The third-order valence-electron chi connectivity index (χ3n) is 10.5. The smallest absolute Gasteiger partial charge is 0.137 e. The van der Waals surface area contributed by atoms with Crippen LogP contribution in [0, 0.1) is 0 Å². The monoisotopic (exact) mass is 650 g/mol. The van der Waals surface area contributed by atoms with Gasteiger partial charge in [-0.3, -0.25) is 0 Å². The van der Waals surface area contributed by atoms with Gasteiger partial charge >= 0.3 is 0 Å². The van der Waals surface area contributed by atoms with E-state index in [1.165, 1.54) is 48.6 Å². The second-order valence-electron chi connectivity index (χ2n) is 13.3. The number of fused-ring (bicyclic) bond motifs is 11. The van der Waals surface area contributed by atoms with E-state index < -0.39 is 0 Å². The number of benzene rings is 9. The van der Waals surface area contributed by atoms with Crippen molar-refractivity contribution < 1.29 is 4.42 Å². The topological polar surface area (TPSA) is 21.3 Å². The summed E-state index contributed by atoms with van der Waals surface area (Å²) in [6.07, 6.45) is 0. The Kier molecular flexibility index (Phi) is 5.96. The predicted octanol–water partition coefficient (Wildman–Crippen LogP) is 13.6.